The normalized spacial score (nSPS) is 17.4. The summed E-state index contributed by atoms with van der Waals surface area (Å²) in [6.07, 6.45) is 0.300. The molecule has 0 N–H and O–H groups in total. The number of hydrogen-bond acceptors (Lipinski definition) is 4. The molecule has 0 saturated carbocycles. The quantitative estimate of drug-likeness (QED) is 0.861. The topological polar surface area (TPSA) is 71.2 Å². The fraction of sp³-hybridized carbons (Fsp3) is 0.421. The highest BCUT2D eigenvalue weighted by molar-refractivity contribution is 5.94. The second kappa shape index (κ2) is 7.08. The first kappa shape index (κ1) is 17.2. The predicted molar refractivity (Wildman–Crippen MR) is 93.0 cm³/mol. The average Bonchev–Trinajstić information content (AvgIpc) is 2.87. The van der Waals surface area contributed by atoms with Crippen LogP contribution in [0, 0.1) is 25.2 Å². The summed E-state index contributed by atoms with van der Waals surface area (Å²) in [7, 11) is 1.91. The standard InChI is InChI=1S/C19H22N4O2/c1-13-18(14(2)22(3)21-13)17-12-25-10-9-23(17)19(24)16-6-4-5-15(11-16)7-8-20/h4-6,11,17H,7,9-10,12H2,1-3H3. The van der Waals surface area contributed by atoms with Gasteiger partial charge in [0, 0.05) is 30.4 Å². The second-order valence-corrected chi connectivity index (χ2v) is 6.33. The zero-order valence-electron chi connectivity index (χ0n) is 14.8. The molecule has 1 saturated heterocycles. The Kier molecular flexibility index (Phi) is 4.86. The number of benzene rings is 1. The highest BCUT2D eigenvalue weighted by Crippen LogP contribution is 2.30. The van der Waals surface area contributed by atoms with Gasteiger partial charge in [-0.25, -0.2) is 0 Å². The number of amides is 1. The van der Waals surface area contributed by atoms with Crippen molar-refractivity contribution in [1.82, 2.24) is 14.7 Å². The molecule has 25 heavy (non-hydrogen) atoms. The maximum Gasteiger partial charge on any atom is 0.254 e. The number of carbonyl (C=O) groups is 1. The van der Waals surface area contributed by atoms with E-state index in [0.29, 0.717) is 31.7 Å². The van der Waals surface area contributed by atoms with Crippen LogP contribution in [0.15, 0.2) is 24.3 Å². The van der Waals surface area contributed by atoms with Gasteiger partial charge in [-0.1, -0.05) is 12.1 Å². The van der Waals surface area contributed by atoms with E-state index < -0.39 is 0 Å². The Balaban J connectivity index is 1.94. The molecule has 1 unspecified atom stereocenters. The van der Waals surface area contributed by atoms with Crippen LogP contribution in [0.5, 0.6) is 0 Å². The molecule has 130 valence electrons. The van der Waals surface area contributed by atoms with Crippen molar-refractivity contribution < 1.29 is 9.53 Å². The summed E-state index contributed by atoms with van der Waals surface area (Å²) in [5.41, 5.74) is 4.49. The van der Waals surface area contributed by atoms with Crippen LogP contribution in [0.4, 0.5) is 0 Å². The molecule has 2 aromatic rings. The van der Waals surface area contributed by atoms with Crippen LogP contribution < -0.4 is 0 Å². The smallest absolute Gasteiger partial charge is 0.254 e. The molecule has 1 aromatic carbocycles. The molecular formula is C19H22N4O2. The van der Waals surface area contributed by atoms with Gasteiger partial charge in [0.1, 0.15) is 0 Å². The molecule has 6 nitrogen and oxygen atoms in total. The van der Waals surface area contributed by atoms with E-state index >= 15 is 0 Å². The van der Waals surface area contributed by atoms with Crippen LogP contribution in [-0.4, -0.2) is 40.3 Å². The summed E-state index contributed by atoms with van der Waals surface area (Å²) < 4.78 is 7.50. The van der Waals surface area contributed by atoms with Crippen molar-refractivity contribution in [3.05, 3.63) is 52.3 Å². The Morgan fingerprint density at radius 1 is 1.44 bits per heavy atom. The minimum atomic E-state index is -0.144. The van der Waals surface area contributed by atoms with E-state index in [1.165, 1.54) is 0 Å². The molecule has 2 heterocycles. The summed E-state index contributed by atoms with van der Waals surface area (Å²) in [4.78, 5) is 15.0. The molecule has 3 rings (SSSR count). The van der Waals surface area contributed by atoms with E-state index in [1.54, 1.807) is 12.1 Å². The van der Waals surface area contributed by atoms with Crippen LogP contribution in [0.1, 0.15) is 38.9 Å². The number of rotatable bonds is 3. The Morgan fingerprint density at radius 2 is 2.24 bits per heavy atom. The van der Waals surface area contributed by atoms with Gasteiger partial charge in [-0.2, -0.15) is 10.4 Å². The van der Waals surface area contributed by atoms with Gasteiger partial charge in [0.25, 0.3) is 5.91 Å². The molecule has 1 fully saturated rings. The van der Waals surface area contributed by atoms with Crippen LogP contribution in [-0.2, 0) is 18.2 Å². The molecule has 1 aliphatic rings. The number of aryl methyl sites for hydroxylation is 2. The summed E-state index contributed by atoms with van der Waals surface area (Å²) in [5, 5.41) is 13.4. The van der Waals surface area contributed by atoms with E-state index in [1.807, 2.05) is 42.6 Å². The Labute approximate surface area is 147 Å². The molecule has 0 bridgehead atoms. The van der Waals surface area contributed by atoms with Crippen molar-refractivity contribution >= 4 is 5.91 Å². The Hall–Kier alpha value is -2.65. The van der Waals surface area contributed by atoms with Crippen molar-refractivity contribution in [1.29, 1.82) is 5.26 Å². The third-order valence-electron chi connectivity index (χ3n) is 4.74. The minimum Gasteiger partial charge on any atom is -0.377 e. The zero-order chi connectivity index (χ0) is 18.0. The van der Waals surface area contributed by atoms with E-state index in [0.717, 1.165) is 22.5 Å². The van der Waals surface area contributed by atoms with Crippen molar-refractivity contribution in [3.63, 3.8) is 0 Å². The van der Waals surface area contributed by atoms with E-state index in [4.69, 9.17) is 10.00 Å². The molecule has 0 spiro atoms. The van der Waals surface area contributed by atoms with Gasteiger partial charge in [-0.05, 0) is 31.5 Å². The van der Waals surface area contributed by atoms with Gasteiger partial charge in [0.15, 0.2) is 0 Å². The van der Waals surface area contributed by atoms with Gasteiger partial charge in [-0.3, -0.25) is 9.48 Å². The third kappa shape index (κ3) is 3.28. The largest absolute Gasteiger partial charge is 0.377 e. The van der Waals surface area contributed by atoms with Gasteiger partial charge in [0.2, 0.25) is 0 Å². The van der Waals surface area contributed by atoms with Crippen LogP contribution >= 0.6 is 0 Å². The van der Waals surface area contributed by atoms with E-state index in [9.17, 15) is 4.79 Å². The molecule has 1 amide bonds. The van der Waals surface area contributed by atoms with Crippen LogP contribution in [0.3, 0.4) is 0 Å². The summed E-state index contributed by atoms with van der Waals surface area (Å²) in [5.74, 6) is -0.0317. The fourth-order valence-corrected chi connectivity index (χ4v) is 3.43. The van der Waals surface area contributed by atoms with E-state index in [-0.39, 0.29) is 11.9 Å². The van der Waals surface area contributed by atoms with Gasteiger partial charge >= 0.3 is 0 Å². The highest BCUT2D eigenvalue weighted by Gasteiger charge is 2.32. The highest BCUT2D eigenvalue weighted by atomic mass is 16.5. The lowest BCUT2D eigenvalue weighted by Crippen LogP contribution is -2.43. The summed E-state index contributed by atoms with van der Waals surface area (Å²) in [6, 6.07) is 9.29. The molecule has 0 aliphatic carbocycles. The molecule has 1 aliphatic heterocycles. The molecular weight excluding hydrogens is 316 g/mol. The molecule has 6 heteroatoms. The number of morpholine rings is 1. The van der Waals surface area contributed by atoms with Crippen molar-refractivity contribution in [2.45, 2.75) is 26.3 Å². The Morgan fingerprint density at radius 3 is 2.92 bits per heavy atom. The SMILES string of the molecule is Cc1nn(C)c(C)c1C1COCCN1C(=O)c1cccc(CC#N)c1. The number of nitriles is 1. The summed E-state index contributed by atoms with van der Waals surface area (Å²) in [6.45, 7) is 5.52. The number of ether oxygens (including phenoxy) is 1. The first-order valence-corrected chi connectivity index (χ1v) is 8.37. The number of aromatic nitrogens is 2. The van der Waals surface area contributed by atoms with Crippen LogP contribution in [0.2, 0.25) is 0 Å². The maximum atomic E-state index is 13.1. The van der Waals surface area contributed by atoms with Gasteiger partial charge in [0.05, 0.1) is 37.4 Å². The average molecular weight is 338 g/mol. The number of carbonyl (C=O) groups excluding carboxylic acids is 1. The van der Waals surface area contributed by atoms with Crippen molar-refractivity contribution in [2.24, 2.45) is 7.05 Å². The van der Waals surface area contributed by atoms with E-state index in [2.05, 4.69) is 11.2 Å². The lowest BCUT2D eigenvalue weighted by molar-refractivity contribution is -0.00305. The van der Waals surface area contributed by atoms with Gasteiger partial charge in [-0.15, -0.1) is 0 Å². The first-order valence-electron chi connectivity index (χ1n) is 8.37. The number of hydrogen-bond donors (Lipinski definition) is 0. The van der Waals surface area contributed by atoms with Gasteiger partial charge < -0.3 is 9.64 Å². The van der Waals surface area contributed by atoms with Crippen LogP contribution in [0.25, 0.3) is 0 Å². The lowest BCUT2D eigenvalue weighted by Gasteiger charge is -2.36. The first-order chi connectivity index (χ1) is 12.0. The molecule has 1 atom stereocenters. The molecule has 0 radical (unpaired) electrons. The zero-order valence-corrected chi connectivity index (χ0v) is 14.8. The number of nitrogens with zero attached hydrogens (tertiary/aromatic N) is 4. The predicted octanol–water partition coefficient (Wildman–Crippen LogP) is 2.32. The van der Waals surface area contributed by atoms with Crippen molar-refractivity contribution in [3.8, 4) is 6.07 Å². The second-order valence-electron chi connectivity index (χ2n) is 6.33. The minimum absolute atomic E-state index is 0.0317. The third-order valence-corrected chi connectivity index (χ3v) is 4.74. The monoisotopic (exact) mass is 338 g/mol. The lowest BCUT2D eigenvalue weighted by atomic mass is 10.0. The fourth-order valence-electron chi connectivity index (χ4n) is 3.43. The maximum absolute atomic E-state index is 13.1. The van der Waals surface area contributed by atoms with Crippen molar-refractivity contribution in [2.75, 3.05) is 19.8 Å². The molecule has 1 aromatic heterocycles. The summed E-state index contributed by atoms with van der Waals surface area (Å²) >= 11 is 0. The Bertz CT molecular complexity index is 834.